The first-order chi connectivity index (χ1) is 8.63. The highest BCUT2D eigenvalue weighted by Crippen LogP contribution is 2.06. The highest BCUT2D eigenvalue weighted by atomic mass is 14.5. The molecule has 0 fully saturated rings. The molecule has 4 N–H and O–H groups in total. The minimum absolute atomic E-state index is 0.459. The normalized spacial score (nSPS) is 8.89. The maximum Gasteiger partial charge on any atom is 0.0669 e. The standard InChI is InChI=1S/C8H8N2.C7H9N/c9-6-5-7-1-3-8(10)4-2-7;1-6-4-2-3-5-7(6)8/h1-4H,5,10H2;2-5H,8H2,1H3. The molecule has 0 aliphatic carbocycles. The van der Waals surface area contributed by atoms with E-state index >= 15 is 0 Å². The fourth-order valence-electron chi connectivity index (χ4n) is 1.31. The number of rotatable bonds is 1. The fourth-order valence-corrected chi connectivity index (χ4v) is 1.31. The van der Waals surface area contributed by atoms with Gasteiger partial charge in [0.05, 0.1) is 12.5 Å². The van der Waals surface area contributed by atoms with Gasteiger partial charge in [-0.3, -0.25) is 0 Å². The molecule has 0 saturated heterocycles. The molecule has 2 aromatic carbocycles. The molecule has 0 atom stereocenters. The topological polar surface area (TPSA) is 75.8 Å². The van der Waals surface area contributed by atoms with Gasteiger partial charge in [0.25, 0.3) is 0 Å². The van der Waals surface area contributed by atoms with Crippen LogP contribution < -0.4 is 11.5 Å². The van der Waals surface area contributed by atoms with E-state index < -0.39 is 0 Å². The predicted molar refractivity (Wildman–Crippen MR) is 75.8 cm³/mol. The highest BCUT2D eigenvalue weighted by molar-refractivity contribution is 5.45. The van der Waals surface area contributed by atoms with E-state index in [0.29, 0.717) is 6.42 Å². The number of hydrogen-bond acceptors (Lipinski definition) is 3. The molecule has 0 bridgehead atoms. The molecule has 0 unspecified atom stereocenters. The van der Waals surface area contributed by atoms with Crippen molar-refractivity contribution in [3.8, 4) is 6.07 Å². The van der Waals surface area contributed by atoms with Gasteiger partial charge in [0.2, 0.25) is 0 Å². The number of nitrogen functional groups attached to an aromatic ring is 2. The quantitative estimate of drug-likeness (QED) is 0.751. The van der Waals surface area contributed by atoms with Gasteiger partial charge in [-0.2, -0.15) is 5.26 Å². The van der Waals surface area contributed by atoms with Crippen LogP contribution >= 0.6 is 0 Å². The molecule has 0 aromatic heterocycles. The van der Waals surface area contributed by atoms with Gasteiger partial charge in [0.15, 0.2) is 0 Å². The molecule has 0 amide bonds. The summed E-state index contributed by atoms with van der Waals surface area (Å²) in [5.41, 5.74) is 14.7. The van der Waals surface area contributed by atoms with Gasteiger partial charge in [0, 0.05) is 11.4 Å². The van der Waals surface area contributed by atoms with Crippen LogP contribution in [0.15, 0.2) is 48.5 Å². The summed E-state index contributed by atoms with van der Waals surface area (Å²) < 4.78 is 0. The van der Waals surface area contributed by atoms with Crippen molar-refractivity contribution in [3.63, 3.8) is 0 Å². The van der Waals surface area contributed by atoms with Crippen molar-refractivity contribution in [1.29, 1.82) is 5.26 Å². The summed E-state index contributed by atoms with van der Waals surface area (Å²) in [4.78, 5) is 0. The Balaban J connectivity index is 0.000000184. The lowest BCUT2D eigenvalue weighted by Crippen LogP contribution is -1.85. The van der Waals surface area contributed by atoms with E-state index in [1.54, 1.807) is 12.1 Å². The van der Waals surface area contributed by atoms with E-state index in [4.69, 9.17) is 16.7 Å². The first-order valence-electron chi connectivity index (χ1n) is 5.66. The Labute approximate surface area is 108 Å². The summed E-state index contributed by atoms with van der Waals surface area (Å²) in [7, 11) is 0. The third-order valence-electron chi connectivity index (χ3n) is 2.45. The zero-order valence-electron chi connectivity index (χ0n) is 10.4. The van der Waals surface area contributed by atoms with Gasteiger partial charge in [-0.25, -0.2) is 0 Å². The van der Waals surface area contributed by atoms with Crippen molar-refractivity contribution < 1.29 is 0 Å². The third-order valence-corrected chi connectivity index (χ3v) is 2.45. The van der Waals surface area contributed by atoms with Crippen LogP contribution in [0, 0.1) is 18.3 Å². The van der Waals surface area contributed by atoms with E-state index in [9.17, 15) is 0 Å². The molecule has 2 aromatic rings. The summed E-state index contributed by atoms with van der Waals surface area (Å²) >= 11 is 0. The van der Waals surface area contributed by atoms with Gasteiger partial charge in [-0.1, -0.05) is 30.3 Å². The number of hydrogen-bond donors (Lipinski definition) is 2. The van der Waals surface area contributed by atoms with Gasteiger partial charge < -0.3 is 11.5 Å². The first-order valence-corrected chi connectivity index (χ1v) is 5.66. The van der Waals surface area contributed by atoms with E-state index in [2.05, 4.69) is 6.07 Å². The molecule has 3 heteroatoms. The van der Waals surface area contributed by atoms with Crippen LogP contribution in [0.25, 0.3) is 0 Å². The number of nitrogens with two attached hydrogens (primary N) is 2. The van der Waals surface area contributed by atoms with Crippen LogP contribution in [-0.2, 0) is 6.42 Å². The lowest BCUT2D eigenvalue weighted by Gasteiger charge is -1.93. The first kappa shape index (κ1) is 13.6. The van der Waals surface area contributed by atoms with E-state index in [-0.39, 0.29) is 0 Å². The molecule has 0 saturated carbocycles. The SMILES string of the molecule is Cc1ccccc1N.N#CCc1ccc(N)cc1. The number of para-hydroxylation sites is 1. The second-order valence-corrected chi connectivity index (χ2v) is 3.93. The van der Waals surface area contributed by atoms with Crippen LogP contribution in [0.3, 0.4) is 0 Å². The molecule has 92 valence electrons. The Hall–Kier alpha value is -2.47. The predicted octanol–water partition coefficient (Wildman–Crippen LogP) is 2.91. The van der Waals surface area contributed by atoms with Crippen LogP contribution in [0.5, 0.6) is 0 Å². The molecule has 3 nitrogen and oxygen atoms in total. The van der Waals surface area contributed by atoms with Crippen LogP contribution in [0.2, 0.25) is 0 Å². The van der Waals surface area contributed by atoms with Crippen LogP contribution in [0.4, 0.5) is 11.4 Å². The Morgan fingerprint density at radius 1 is 1.00 bits per heavy atom. The largest absolute Gasteiger partial charge is 0.399 e. The maximum absolute atomic E-state index is 8.31. The average Bonchev–Trinajstić information content (AvgIpc) is 2.37. The summed E-state index contributed by atoms with van der Waals surface area (Å²) in [5, 5.41) is 8.31. The van der Waals surface area contributed by atoms with Crippen molar-refractivity contribution in [3.05, 3.63) is 59.7 Å². The summed E-state index contributed by atoms with van der Waals surface area (Å²) in [6.07, 6.45) is 0.459. The fraction of sp³-hybridized carbons (Fsp3) is 0.133. The lowest BCUT2D eigenvalue weighted by molar-refractivity contribution is 1.26. The van der Waals surface area contributed by atoms with Gasteiger partial charge >= 0.3 is 0 Å². The number of nitrogens with zero attached hydrogens (tertiary/aromatic N) is 1. The van der Waals surface area contributed by atoms with Gasteiger partial charge in [-0.05, 0) is 36.2 Å². The maximum atomic E-state index is 8.31. The lowest BCUT2D eigenvalue weighted by atomic mass is 10.1. The van der Waals surface area contributed by atoms with Crippen molar-refractivity contribution in [2.24, 2.45) is 0 Å². The van der Waals surface area contributed by atoms with E-state index in [1.807, 2.05) is 43.3 Å². The highest BCUT2D eigenvalue weighted by Gasteiger charge is 1.88. The van der Waals surface area contributed by atoms with Crippen molar-refractivity contribution in [2.45, 2.75) is 13.3 Å². The molecule has 0 heterocycles. The zero-order valence-corrected chi connectivity index (χ0v) is 10.4. The molecule has 0 spiro atoms. The molecule has 2 rings (SSSR count). The molecule has 0 radical (unpaired) electrons. The molecular weight excluding hydrogens is 222 g/mol. The zero-order chi connectivity index (χ0) is 13.4. The van der Waals surface area contributed by atoms with Gasteiger partial charge in [0.1, 0.15) is 0 Å². The Bertz CT molecular complexity index is 503. The molecule has 0 aliphatic rings. The smallest absolute Gasteiger partial charge is 0.0669 e. The molecular formula is C15H17N3. The van der Waals surface area contributed by atoms with Crippen LogP contribution in [-0.4, -0.2) is 0 Å². The Kier molecular flexibility index (Phi) is 5.27. The van der Waals surface area contributed by atoms with E-state index in [1.165, 1.54) is 0 Å². The monoisotopic (exact) mass is 239 g/mol. The number of aryl methyl sites for hydroxylation is 1. The Morgan fingerprint density at radius 2 is 1.61 bits per heavy atom. The molecule has 0 aliphatic heterocycles. The van der Waals surface area contributed by atoms with Crippen molar-refractivity contribution in [2.75, 3.05) is 11.5 Å². The third kappa shape index (κ3) is 4.58. The van der Waals surface area contributed by atoms with Crippen molar-refractivity contribution >= 4 is 11.4 Å². The second kappa shape index (κ2) is 6.97. The van der Waals surface area contributed by atoms with E-state index in [0.717, 1.165) is 22.5 Å². The number of benzene rings is 2. The van der Waals surface area contributed by atoms with Crippen LogP contribution in [0.1, 0.15) is 11.1 Å². The second-order valence-electron chi connectivity index (χ2n) is 3.93. The van der Waals surface area contributed by atoms with Crippen molar-refractivity contribution in [1.82, 2.24) is 0 Å². The number of nitriles is 1. The summed E-state index contributed by atoms with van der Waals surface area (Å²) in [6, 6.07) is 17.2. The number of anilines is 2. The Morgan fingerprint density at radius 3 is 2.06 bits per heavy atom. The summed E-state index contributed by atoms with van der Waals surface area (Å²) in [6.45, 7) is 2.00. The minimum atomic E-state index is 0.459. The molecule has 18 heavy (non-hydrogen) atoms. The minimum Gasteiger partial charge on any atom is -0.399 e. The summed E-state index contributed by atoms with van der Waals surface area (Å²) in [5.74, 6) is 0. The van der Waals surface area contributed by atoms with Gasteiger partial charge in [-0.15, -0.1) is 0 Å². The average molecular weight is 239 g/mol.